The smallest absolute Gasteiger partial charge is 0.379 e. The number of rotatable bonds is 5. The van der Waals surface area contributed by atoms with Crippen LogP contribution >= 0.6 is 31.9 Å². The van der Waals surface area contributed by atoms with Gasteiger partial charge in [-0.2, -0.15) is 5.10 Å². The van der Waals surface area contributed by atoms with Crippen molar-refractivity contribution in [3.05, 3.63) is 74.6 Å². The molecule has 1 aromatic heterocycles. The molecular formula is C21H14Br2N2O6. The largest absolute Gasteiger partial charge is 0.486 e. The van der Waals surface area contributed by atoms with Crippen LogP contribution in [0.1, 0.15) is 26.5 Å². The van der Waals surface area contributed by atoms with Gasteiger partial charge in [0.2, 0.25) is 5.76 Å². The van der Waals surface area contributed by atoms with Crippen LogP contribution < -0.4 is 19.6 Å². The number of nitrogens with one attached hydrogen (secondary N) is 1. The van der Waals surface area contributed by atoms with E-state index in [4.69, 9.17) is 18.6 Å². The molecule has 8 nitrogen and oxygen atoms in total. The summed E-state index contributed by atoms with van der Waals surface area (Å²) in [5.74, 6) is 0.283. The molecular weight excluding hydrogens is 536 g/mol. The molecule has 1 amide bonds. The number of carbonyl (C=O) groups is 2. The highest BCUT2D eigenvalue weighted by Gasteiger charge is 2.18. The van der Waals surface area contributed by atoms with E-state index in [0.29, 0.717) is 40.3 Å². The van der Waals surface area contributed by atoms with Crippen molar-refractivity contribution in [1.82, 2.24) is 5.43 Å². The maximum atomic E-state index is 12.4. The number of carbonyl (C=O) groups excluding carboxylic acids is 2. The number of esters is 1. The summed E-state index contributed by atoms with van der Waals surface area (Å²) in [6.45, 7) is 0.894. The summed E-state index contributed by atoms with van der Waals surface area (Å²) in [5, 5.41) is 3.99. The SMILES string of the molecule is O=C(N/N=C/c1cc(Br)cc(Br)c1OC(=O)c1ccco1)c1ccc2c(c1)OCCO2. The zero-order valence-corrected chi connectivity index (χ0v) is 18.9. The van der Waals surface area contributed by atoms with E-state index in [0.717, 1.165) is 4.47 Å². The van der Waals surface area contributed by atoms with Crippen LogP contribution in [0.5, 0.6) is 17.2 Å². The molecule has 2 heterocycles. The van der Waals surface area contributed by atoms with Gasteiger partial charge in [0.25, 0.3) is 5.91 Å². The first-order chi connectivity index (χ1) is 15.0. The second-order valence-corrected chi connectivity index (χ2v) is 8.00. The molecule has 0 fully saturated rings. The fourth-order valence-electron chi connectivity index (χ4n) is 2.73. The van der Waals surface area contributed by atoms with Crippen molar-refractivity contribution in [2.75, 3.05) is 13.2 Å². The average molecular weight is 550 g/mol. The molecule has 0 aliphatic carbocycles. The monoisotopic (exact) mass is 548 g/mol. The van der Waals surface area contributed by atoms with Crippen LogP contribution in [-0.4, -0.2) is 31.3 Å². The summed E-state index contributed by atoms with van der Waals surface area (Å²) in [4.78, 5) is 24.7. The number of halogens is 2. The molecule has 0 radical (unpaired) electrons. The summed E-state index contributed by atoms with van der Waals surface area (Å²) >= 11 is 6.75. The minimum absolute atomic E-state index is 0.0598. The lowest BCUT2D eigenvalue weighted by Crippen LogP contribution is -2.19. The molecule has 31 heavy (non-hydrogen) atoms. The average Bonchev–Trinajstić information content (AvgIpc) is 3.30. The van der Waals surface area contributed by atoms with Gasteiger partial charge in [-0.1, -0.05) is 15.9 Å². The Labute approximate surface area is 193 Å². The van der Waals surface area contributed by atoms with Gasteiger partial charge in [-0.25, -0.2) is 10.2 Å². The van der Waals surface area contributed by atoms with Crippen LogP contribution in [0.25, 0.3) is 0 Å². The van der Waals surface area contributed by atoms with E-state index in [-0.39, 0.29) is 11.5 Å². The van der Waals surface area contributed by atoms with E-state index < -0.39 is 11.9 Å². The van der Waals surface area contributed by atoms with Gasteiger partial charge >= 0.3 is 5.97 Å². The summed E-state index contributed by atoms with van der Waals surface area (Å²) in [6, 6.07) is 11.4. The van der Waals surface area contributed by atoms with Crippen LogP contribution in [0, 0.1) is 0 Å². The second kappa shape index (κ2) is 9.36. The van der Waals surface area contributed by atoms with Crippen LogP contribution in [0.3, 0.4) is 0 Å². The zero-order valence-electron chi connectivity index (χ0n) is 15.8. The number of hydrogen-bond acceptors (Lipinski definition) is 7. The minimum atomic E-state index is -0.664. The number of fused-ring (bicyclic) bond motifs is 1. The maximum absolute atomic E-state index is 12.4. The van der Waals surface area contributed by atoms with Gasteiger partial charge in [-0.3, -0.25) is 4.79 Å². The molecule has 10 heteroatoms. The Morgan fingerprint density at radius 1 is 1.06 bits per heavy atom. The molecule has 2 aromatic carbocycles. The molecule has 0 saturated carbocycles. The van der Waals surface area contributed by atoms with Crippen LogP contribution in [0.2, 0.25) is 0 Å². The maximum Gasteiger partial charge on any atom is 0.379 e. The molecule has 0 bridgehead atoms. The molecule has 3 aromatic rings. The Kier molecular flexibility index (Phi) is 6.38. The number of benzene rings is 2. The topological polar surface area (TPSA) is 99.4 Å². The summed E-state index contributed by atoms with van der Waals surface area (Å²) in [6.07, 6.45) is 2.75. The Morgan fingerprint density at radius 2 is 1.87 bits per heavy atom. The molecule has 4 rings (SSSR count). The molecule has 0 saturated heterocycles. The van der Waals surface area contributed by atoms with Gasteiger partial charge in [0.05, 0.1) is 17.0 Å². The highest BCUT2D eigenvalue weighted by Crippen LogP contribution is 2.33. The van der Waals surface area contributed by atoms with Gasteiger partial charge in [0.1, 0.15) is 13.2 Å². The molecule has 158 valence electrons. The number of nitrogens with zero attached hydrogens (tertiary/aromatic N) is 1. The third-order valence-corrected chi connectivity index (χ3v) is 5.18. The third-order valence-electron chi connectivity index (χ3n) is 4.13. The molecule has 0 unspecified atom stereocenters. The van der Waals surface area contributed by atoms with Crippen molar-refractivity contribution in [2.24, 2.45) is 5.10 Å². The summed E-state index contributed by atoms with van der Waals surface area (Å²) < 4.78 is 22.7. The normalized spacial score (nSPS) is 12.6. The summed E-state index contributed by atoms with van der Waals surface area (Å²) in [7, 11) is 0. The van der Waals surface area contributed by atoms with E-state index in [1.807, 2.05) is 0 Å². The lowest BCUT2D eigenvalue weighted by Gasteiger charge is -2.18. The van der Waals surface area contributed by atoms with E-state index in [2.05, 4.69) is 42.4 Å². The molecule has 1 aliphatic heterocycles. The quantitative estimate of drug-likeness (QED) is 0.217. The molecule has 1 aliphatic rings. The van der Waals surface area contributed by atoms with Gasteiger partial charge < -0.3 is 18.6 Å². The first-order valence-electron chi connectivity index (χ1n) is 8.99. The van der Waals surface area contributed by atoms with Gasteiger partial charge in [0.15, 0.2) is 17.2 Å². The van der Waals surface area contributed by atoms with Crippen molar-refractivity contribution in [3.8, 4) is 17.2 Å². The summed E-state index contributed by atoms with van der Waals surface area (Å²) in [5.41, 5.74) is 3.26. The van der Waals surface area contributed by atoms with Crippen molar-refractivity contribution < 1.29 is 28.2 Å². The number of amides is 1. The second-order valence-electron chi connectivity index (χ2n) is 6.23. The highest BCUT2D eigenvalue weighted by molar-refractivity contribution is 9.11. The molecule has 0 spiro atoms. The van der Waals surface area contributed by atoms with E-state index in [1.165, 1.54) is 18.5 Å². The minimum Gasteiger partial charge on any atom is -0.486 e. The number of hydrogen-bond donors (Lipinski definition) is 1. The standard InChI is InChI=1S/C21H14Br2N2O6/c22-14-8-13(19(15(23)10-14)31-21(27)17-2-1-5-28-17)11-24-25-20(26)12-3-4-16-18(9-12)30-7-6-29-16/h1-5,8-11H,6-7H2,(H,25,26)/b24-11+. The van der Waals surface area contributed by atoms with E-state index in [1.54, 1.807) is 36.4 Å². The van der Waals surface area contributed by atoms with Gasteiger partial charge in [-0.05, 0) is 58.4 Å². The number of ether oxygens (including phenoxy) is 3. The van der Waals surface area contributed by atoms with Crippen molar-refractivity contribution in [2.45, 2.75) is 0 Å². The van der Waals surface area contributed by atoms with Crippen LogP contribution in [-0.2, 0) is 0 Å². The predicted molar refractivity (Wildman–Crippen MR) is 118 cm³/mol. The van der Waals surface area contributed by atoms with Crippen molar-refractivity contribution in [1.29, 1.82) is 0 Å². The van der Waals surface area contributed by atoms with E-state index >= 15 is 0 Å². The number of furan rings is 1. The predicted octanol–water partition coefficient (Wildman–Crippen LogP) is 4.56. The fraction of sp³-hybridized carbons (Fsp3) is 0.0952. The Bertz CT molecular complexity index is 1160. The lowest BCUT2D eigenvalue weighted by atomic mass is 10.2. The fourth-order valence-corrected chi connectivity index (χ4v) is 4.07. The van der Waals surface area contributed by atoms with E-state index in [9.17, 15) is 9.59 Å². The lowest BCUT2D eigenvalue weighted by molar-refractivity contribution is 0.0699. The Balaban J connectivity index is 1.50. The van der Waals surface area contributed by atoms with Crippen LogP contribution in [0.4, 0.5) is 0 Å². The first-order valence-corrected chi connectivity index (χ1v) is 10.6. The first kappa shape index (κ1) is 21.1. The number of hydrazone groups is 1. The zero-order chi connectivity index (χ0) is 21.8. The van der Waals surface area contributed by atoms with Crippen LogP contribution in [0.15, 0.2) is 67.2 Å². The molecule has 1 N–H and O–H groups in total. The Hall–Kier alpha value is -3.11. The van der Waals surface area contributed by atoms with Crippen molar-refractivity contribution >= 4 is 50.0 Å². The van der Waals surface area contributed by atoms with Gasteiger partial charge in [0, 0.05) is 15.6 Å². The molecule has 0 atom stereocenters. The van der Waals surface area contributed by atoms with Gasteiger partial charge in [-0.15, -0.1) is 0 Å². The Morgan fingerprint density at radius 3 is 2.65 bits per heavy atom. The third kappa shape index (κ3) is 4.97. The highest BCUT2D eigenvalue weighted by atomic mass is 79.9. The van der Waals surface area contributed by atoms with Crippen molar-refractivity contribution in [3.63, 3.8) is 0 Å².